The van der Waals surface area contributed by atoms with Crippen molar-refractivity contribution in [3.05, 3.63) is 89.1 Å². The molecule has 5 nitrogen and oxygen atoms in total. The molecule has 1 saturated heterocycles. The Morgan fingerprint density at radius 1 is 0.943 bits per heavy atom. The second kappa shape index (κ2) is 9.86. The molecule has 178 valence electrons. The third-order valence-corrected chi connectivity index (χ3v) is 7.46. The van der Waals surface area contributed by atoms with Gasteiger partial charge in [0.1, 0.15) is 5.82 Å². The van der Waals surface area contributed by atoms with Gasteiger partial charge in [-0.3, -0.25) is 4.90 Å². The van der Waals surface area contributed by atoms with E-state index in [9.17, 15) is 0 Å². The molecule has 2 N–H and O–H groups in total. The molecule has 0 radical (unpaired) electrons. The van der Waals surface area contributed by atoms with Crippen LogP contribution >= 0.6 is 11.6 Å². The van der Waals surface area contributed by atoms with E-state index in [0.717, 1.165) is 79.6 Å². The van der Waals surface area contributed by atoms with Gasteiger partial charge in [-0.25, -0.2) is 4.98 Å². The highest BCUT2D eigenvalue weighted by Crippen LogP contribution is 2.33. The quantitative estimate of drug-likeness (QED) is 0.332. The number of ether oxygens (including phenoxy) is 1. The van der Waals surface area contributed by atoms with Crippen LogP contribution in [0.2, 0.25) is 5.02 Å². The molecule has 2 aliphatic rings. The van der Waals surface area contributed by atoms with Crippen LogP contribution in [0.4, 0.5) is 11.4 Å². The zero-order valence-corrected chi connectivity index (χ0v) is 20.4. The minimum atomic E-state index is 0.640. The Labute approximate surface area is 211 Å². The lowest BCUT2D eigenvalue weighted by atomic mass is 9.96. The van der Waals surface area contributed by atoms with Crippen LogP contribution in [0, 0.1) is 0 Å². The Kier molecular flexibility index (Phi) is 6.30. The van der Waals surface area contributed by atoms with E-state index in [2.05, 4.69) is 56.6 Å². The fourth-order valence-electron chi connectivity index (χ4n) is 5.19. The Bertz CT molecular complexity index is 1310. The van der Waals surface area contributed by atoms with Crippen molar-refractivity contribution in [1.82, 2.24) is 14.9 Å². The predicted molar refractivity (Wildman–Crippen MR) is 142 cm³/mol. The largest absolute Gasteiger partial charge is 0.381 e. The number of aromatic nitrogens is 2. The second-order valence-electron chi connectivity index (χ2n) is 9.38. The number of nitrogens with zero attached hydrogens (tertiary/aromatic N) is 2. The van der Waals surface area contributed by atoms with E-state index in [1.54, 1.807) is 0 Å². The summed E-state index contributed by atoms with van der Waals surface area (Å²) in [5.74, 6) is 0.759. The van der Waals surface area contributed by atoms with Gasteiger partial charge in [-0.05, 0) is 66.3 Å². The fraction of sp³-hybridized carbons (Fsp3) is 0.276. The third-order valence-electron chi connectivity index (χ3n) is 7.13. The Morgan fingerprint density at radius 2 is 1.74 bits per heavy atom. The summed E-state index contributed by atoms with van der Waals surface area (Å²) in [6, 6.07) is 23.6. The number of rotatable bonds is 5. The first-order valence-corrected chi connectivity index (χ1v) is 12.7. The number of nitrogens with one attached hydrogen (secondary N) is 2. The highest BCUT2D eigenvalue weighted by Gasteiger charge is 2.25. The van der Waals surface area contributed by atoms with Crippen LogP contribution < -0.4 is 5.32 Å². The normalized spacial score (nSPS) is 16.7. The van der Waals surface area contributed by atoms with Crippen molar-refractivity contribution in [2.75, 3.05) is 25.1 Å². The molecule has 35 heavy (non-hydrogen) atoms. The molecule has 0 amide bonds. The third kappa shape index (κ3) is 4.85. The Balaban J connectivity index is 1.21. The lowest BCUT2D eigenvalue weighted by Crippen LogP contribution is -2.42. The van der Waals surface area contributed by atoms with E-state index in [-0.39, 0.29) is 0 Å². The molecule has 0 bridgehead atoms. The van der Waals surface area contributed by atoms with E-state index < -0.39 is 0 Å². The zero-order valence-electron chi connectivity index (χ0n) is 19.6. The number of anilines is 2. The number of hydrogen-bond acceptors (Lipinski definition) is 4. The summed E-state index contributed by atoms with van der Waals surface area (Å²) < 4.78 is 5.57. The molecule has 0 unspecified atom stereocenters. The van der Waals surface area contributed by atoms with Crippen molar-refractivity contribution < 1.29 is 4.74 Å². The average molecular weight is 485 g/mol. The van der Waals surface area contributed by atoms with Crippen molar-refractivity contribution in [3.8, 4) is 22.6 Å². The van der Waals surface area contributed by atoms with Gasteiger partial charge in [0.05, 0.1) is 16.9 Å². The monoisotopic (exact) mass is 484 g/mol. The smallest absolute Gasteiger partial charge is 0.139 e. The zero-order chi connectivity index (χ0) is 23.6. The highest BCUT2D eigenvalue weighted by atomic mass is 35.5. The van der Waals surface area contributed by atoms with Crippen molar-refractivity contribution >= 4 is 23.0 Å². The standard InChI is InChI=1S/C29H29ClN4O/c30-27-9-8-24(17-26(27)29-31-18-28(33-29)21-4-2-1-3-5-21)32-23-7-6-20-10-13-34(19-22(20)16-23)25-11-14-35-15-12-25/h1-9,16-18,25,32H,10-15,19H2,(H,31,33). The fourth-order valence-corrected chi connectivity index (χ4v) is 5.40. The van der Waals surface area contributed by atoms with Crippen LogP contribution in [0.15, 0.2) is 72.9 Å². The first-order valence-electron chi connectivity index (χ1n) is 12.3. The minimum Gasteiger partial charge on any atom is -0.381 e. The van der Waals surface area contributed by atoms with Gasteiger partial charge >= 0.3 is 0 Å². The Morgan fingerprint density at radius 3 is 2.60 bits per heavy atom. The number of imidazole rings is 1. The number of H-pyrrole nitrogens is 1. The number of aromatic amines is 1. The summed E-state index contributed by atoms with van der Waals surface area (Å²) in [5, 5.41) is 4.25. The molecule has 0 saturated carbocycles. The van der Waals surface area contributed by atoms with Gasteiger partial charge in [0.2, 0.25) is 0 Å². The molecule has 3 aromatic carbocycles. The molecule has 0 atom stereocenters. The molecular formula is C29H29ClN4O. The number of halogens is 1. The van der Waals surface area contributed by atoms with Gasteiger partial charge in [-0.2, -0.15) is 0 Å². The maximum absolute atomic E-state index is 6.57. The lowest BCUT2D eigenvalue weighted by Gasteiger charge is -2.37. The number of benzene rings is 3. The summed E-state index contributed by atoms with van der Waals surface area (Å²) in [6.07, 6.45) is 5.24. The second-order valence-corrected chi connectivity index (χ2v) is 9.79. The van der Waals surface area contributed by atoms with Crippen LogP contribution in [0.25, 0.3) is 22.6 Å². The number of fused-ring (bicyclic) bond motifs is 1. The van der Waals surface area contributed by atoms with E-state index in [0.29, 0.717) is 11.1 Å². The van der Waals surface area contributed by atoms with E-state index >= 15 is 0 Å². The van der Waals surface area contributed by atoms with Crippen molar-refractivity contribution in [2.24, 2.45) is 0 Å². The van der Waals surface area contributed by atoms with Gasteiger partial charge in [0.15, 0.2) is 0 Å². The molecule has 3 heterocycles. The van der Waals surface area contributed by atoms with Gasteiger partial charge in [-0.15, -0.1) is 0 Å². The predicted octanol–water partition coefficient (Wildman–Crippen LogP) is 6.68. The van der Waals surface area contributed by atoms with Crippen molar-refractivity contribution in [1.29, 1.82) is 0 Å². The summed E-state index contributed by atoms with van der Waals surface area (Å²) in [5.41, 5.74) is 7.90. The number of hydrogen-bond donors (Lipinski definition) is 2. The summed E-state index contributed by atoms with van der Waals surface area (Å²) in [4.78, 5) is 10.7. The molecule has 4 aromatic rings. The molecule has 2 aliphatic heterocycles. The maximum Gasteiger partial charge on any atom is 0.139 e. The van der Waals surface area contributed by atoms with Gasteiger partial charge in [0.25, 0.3) is 0 Å². The van der Waals surface area contributed by atoms with E-state index in [4.69, 9.17) is 16.3 Å². The first kappa shape index (κ1) is 22.4. The Hall–Kier alpha value is -3.12. The molecule has 1 fully saturated rings. The van der Waals surface area contributed by atoms with Crippen LogP contribution in [-0.4, -0.2) is 40.7 Å². The van der Waals surface area contributed by atoms with Crippen molar-refractivity contribution in [2.45, 2.75) is 31.8 Å². The lowest BCUT2D eigenvalue weighted by molar-refractivity contribution is 0.0290. The topological polar surface area (TPSA) is 53.2 Å². The molecule has 1 aromatic heterocycles. The molecule has 6 rings (SSSR count). The molecule has 6 heteroatoms. The minimum absolute atomic E-state index is 0.640. The first-order chi connectivity index (χ1) is 17.2. The van der Waals surface area contributed by atoms with Gasteiger partial charge < -0.3 is 15.0 Å². The summed E-state index contributed by atoms with van der Waals surface area (Å²) in [7, 11) is 0. The van der Waals surface area contributed by atoms with Crippen LogP contribution in [0.3, 0.4) is 0 Å². The average Bonchev–Trinajstić information content (AvgIpc) is 3.41. The maximum atomic E-state index is 6.57. The SMILES string of the molecule is Clc1ccc(Nc2ccc3c(c2)CN(C2CCOCC2)CC3)cc1-c1ncc(-c2ccccc2)[nH]1. The van der Waals surface area contributed by atoms with E-state index in [1.807, 2.05) is 36.5 Å². The molecule has 0 spiro atoms. The molecule has 0 aliphatic carbocycles. The summed E-state index contributed by atoms with van der Waals surface area (Å²) >= 11 is 6.57. The highest BCUT2D eigenvalue weighted by molar-refractivity contribution is 6.33. The van der Waals surface area contributed by atoms with E-state index in [1.165, 1.54) is 11.1 Å². The van der Waals surface area contributed by atoms with Crippen LogP contribution in [-0.2, 0) is 17.7 Å². The molecular weight excluding hydrogens is 456 g/mol. The van der Waals surface area contributed by atoms with Gasteiger partial charge in [-0.1, -0.05) is 48.0 Å². The summed E-state index contributed by atoms with van der Waals surface area (Å²) in [6.45, 7) is 3.92. The van der Waals surface area contributed by atoms with Crippen molar-refractivity contribution in [3.63, 3.8) is 0 Å². The van der Waals surface area contributed by atoms with Gasteiger partial charge in [0, 0.05) is 49.3 Å². The van der Waals surface area contributed by atoms with Crippen LogP contribution in [0.1, 0.15) is 24.0 Å². The van der Waals surface area contributed by atoms with Crippen LogP contribution in [0.5, 0.6) is 0 Å².